The lowest BCUT2D eigenvalue weighted by Gasteiger charge is -2.27. The largest absolute Gasteiger partial charge is 0.489 e. The molecule has 166 valence electrons. The van der Waals surface area contributed by atoms with Crippen LogP contribution in [-0.4, -0.2) is 40.4 Å². The second-order valence-corrected chi connectivity index (χ2v) is 8.18. The first-order valence-electron chi connectivity index (χ1n) is 11.0. The van der Waals surface area contributed by atoms with Gasteiger partial charge in [-0.15, -0.1) is 0 Å². The third kappa shape index (κ3) is 5.72. The van der Waals surface area contributed by atoms with Gasteiger partial charge in [-0.3, -0.25) is 4.98 Å². The van der Waals surface area contributed by atoms with Gasteiger partial charge in [0.25, 0.3) is 0 Å². The summed E-state index contributed by atoms with van der Waals surface area (Å²) in [4.78, 5) is 15.0. The number of ether oxygens (including phenoxy) is 1. The summed E-state index contributed by atoms with van der Waals surface area (Å²) in [5.74, 6) is 0.0369. The number of hydrogen-bond donors (Lipinski definition) is 3. The van der Waals surface area contributed by atoms with Crippen molar-refractivity contribution in [1.29, 1.82) is 0 Å². The van der Waals surface area contributed by atoms with Gasteiger partial charge in [0.05, 0.1) is 11.7 Å². The van der Waals surface area contributed by atoms with E-state index in [4.69, 9.17) is 9.84 Å². The van der Waals surface area contributed by atoms with Crippen molar-refractivity contribution < 1.29 is 19.7 Å². The van der Waals surface area contributed by atoms with Crippen molar-refractivity contribution in [3.05, 3.63) is 94.8 Å². The number of carboxylic acid groups (broad SMARTS) is 1. The van der Waals surface area contributed by atoms with Crippen LogP contribution in [0.15, 0.2) is 67.0 Å². The number of pyridine rings is 1. The number of benzene rings is 2. The Morgan fingerprint density at radius 1 is 1.12 bits per heavy atom. The molecule has 6 heteroatoms. The first kappa shape index (κ1) is 22.0. The highest BCUT2D eigenvalue weighted by Crippen LogP contribution is 2.29. The molecule has 2 atom stereocenters. The van der Waals surface area contributed by atoms with Crippen molar-refractivity contribution in [2.45, 2.75) is 37.9 Å². The molecule has 6 nitrogen and oxygen atoms in total. The fourth-order valence-corrected chi connectivity index (χ4v) is 3.97. The average molecular weight is 433 g/mol. The van der Waals surface area contributed by atoms with Gasteiger partial charge < -0.3 is 20.3 Å². The lowest BCUT2D eigenvalue weighted by Crippen LogP contribution is -2.36. The molecule has 0 bridgehead atoms. The number of aromatic nitrogens is 1. The molecular weight excluding hydrogens is 404 g/mol. The molecule has 2 heterocycles. The Bertz CT molecular complexity index is 1040. The van der Waals surface area contributed by atoms with Gasteiger partial charge >= 0.3 is 5.97 Å². The maximum absolute atomic E-state index is 11.0. The van der Waals surface area contributed by atoms with Gasteiger partial charge in [0.2, 0.25) is 0 Å². The number of aliphatic hydroxyl groups excluding tert-OH is 1. The van der Waals surface area contributed by atoms with Gasteiger partial charge in [-0.2, -0.15) is 0 Å². The van der Waals surface area contributed by atoms with Crippen LogP contribution in [0.5, 0.6) is 5.75 Å². The summed E-state index contributed by atoms with van der Waals surface area (Å²) in [6.45, 7) is 1.15. The Hall–Kier alpha value is -3.22. The highest BCUT2D eigenvalue weighted by molar-refractivity contribution is 5.87. The highest BCUT2D eigenvalue weighted by Gasteiger charge is 2.20. The molecule has 0 unspecified atom stereocenters. The Morgan fingerprint density at radius 2 is 1.91 bits per heavy atom. The van der Waals surface area contributed by atoms with E-state index in [-0.39, 0.29) is 6.10 Å². The van der Waals surface area contributed by atoms with Crippen LogP contribution in [0.4, 0.5) is 0 Å². The lowest BCUT2D eigenvalue weighted by atomic mass is 9.97. The van der Waals surface area contributed by atoms with Crippen LogP contribution >= 0.6 is 0 Å². The molecule has 3 N–H and O–H groups in total. The monoisotopic (exact) mass is 432 g/mol. The summed E-state index contributed by atoms with van der Waals surface area (Å²) >= 11 is 0. The van der Waals surface area contributed by atoms with Crippen molar-refractivity contribution >= 4 is 5.97 Å². The summed E-state index contributed by atoms with van der Waals surface area (Å²) in [7, 11) is 0. The molecule has 3 aromatic rings. The van der Waals surface area contributed by atoms with Crippen molar-refractivity contribution in [2.75, 3.05) is 13.1 Å². The van der Waals surface area contributed by atoms with E-state index in [0.717, 1.165) is 42.6 Å². The zero-order valence-electron chi connectivity index (χ0n) is 17.9. The maximum atomic E-state index is 11.0. The predicted molar refractivity (Wildman–Crippen MR) is 122 cm³/mol. The molecule has 0 saturated carbocycles. The molecule has 0 radical (unpaired) electrons. The third-order valence-corrected chi connectivity index (χ3v) is 5.84. The summed E-state index contributed by atoms with van der Waals surface area (Å²) in [5, 5.41) is 22.5. The molecular formula is C26H28N2O4. The van der Waals surface area contributed by atoms with Crippen LogP contribution in [0.25, 0.3) is 0 Å². The Morgan fingerprint density at radius 3 is 2.66 bits per heavy atom. The van der Waals surface area contributed by atoms with E-state index >= 15 is 0 Å². The van der Waals surface area contributed by atoms with Gasteiger partial charge in [0, 0.05) is 31.0 Å². The summed E-state index contributed by atoms with van der Waals surface area (Å²) in [6, 6.07) is 17.1. The van der Waals surface area contributed by atoms with E-state index in [0.29, 0.717) is 18.7 Å². The zero-order chi connectivity index (χ0) is 22.3. The fraction of sp³-hybridized carbons (Fsp3) is 0.308. The Kier molecular flexibility index (Phi) is 7.14. The first-order valence-corrected chi connectivity index (χ1v) is 11.0. The molecule has 1 aliphatic heterocycles. The van der Waals surface area contributed by atoms with E-state index in [1.807, 2.05) is 24.3 Å². The van der Waals surface area contributed by atoms with Crippen LogP contribution in [0.3, 0.4) is 0 Å². The topological polar surface area (TPSA) is 91.7 Å². The minimum Gasteiger partial charge on any atom is -0.489 e. The van der Waals surface area contributed by atoms with Crippen molar-refractivity contribution in [3.63, 3.8) is 0 Å². The minimum atomic E-state index is -0.899. The standard InChI is InChI=1S/C26H28N2O4/c29-24(22-2-1-13-27-15-22)17-28-16-23-11-10-21-14-19(7-12-25(21)32-23)4-3-18-5-8-20(9-6-18)26(30)31/h1-2,5-9,12-15,23-24,28-29H,3-4,10-11,16-17H2,(H,30,31)/t23-,24+/m0/s1. The number of carbonyl (C=O) groups is 1. The highest BCUT2D eigenvalue weighted by atomic mass is 16.5. The van der Waals surface area contributed by atoms with Crippen LogP contribution in [0, 0.1) is 0 Å². The smallest absolute Gasteiger partial charge is 0.335 e. The molecule has 1 aromatic heterocycles. The van der Waals surface area contributed by atoms with Gasteiger partial charge in [-0.1, -0.05) is 30.3 Å². The van der Waals surface area contributed by atoms with E-state index < -0.39 is 12.1 Å². The summed E-state index contributed by atoms with van der Waals surface area (Å²) in [5.41, 5.74) is 4.74. The number of rotatable bonds is 9. The fourth-order valence-electron chi connectivity index (χ4n) is 3.97. The van der Waals surface area contributed by atoms with Crippen LogP contribution in [-0.2, 0) is 19.3 Å². The molecule has 32 heavy (non-hydrogen) atoms. The molecule has 0 fully saturated rings. The molecule has 0 amide bonds. The number of nitrogens with zero attached hydrogens (tertiary/aromatic N) is 1. The van der Waals surface area contributed by atoms with Crippen molar-refractivity contribution in [1.82, 2.24) is 10.3 Å². The van der Waals surface area contributed by atoms with Crippen LogP contribution in [0.1, 0.15) is 45.1 Å². The van der Waals surface area contributed by atoms with E-state index in [2.05, 4.69) is 28.5 Å². The average Bonchev–Trinajstić information content (AvgIpc) is 2.83. The SMILES string of the molecule is O=C(O)c1ccc(CCc2ccc3c(c2)CC[C@@H](CNC[C@@H](O)c2cccnc2)O3)cc1. The summed E-state index contributed by atoms with van der Waals surface area (Å²) < 4.78 is 6.16. The Balaban J connectivity index is 1.25. The van der Waals surface area contributed by atoms with Gasteiger partial charge in [-0.05, 0) is 66.6 Å². The second kappa shape index (κ2) is 10.4. The maximum Gasteiger partial charge on any atom is 0.335 e. The number of aliphatic hydroxyl groups is 1. The van der Waals surface area contributed by atoms with Crippen molar-refractivity contribution in [3.8, 4) is 5.75 Å². The number of aryl methyl sites for hydroxylation is 3. The first-order chi connectivity index (χ1) is 15.6. The molecule has 0 aliphatic carbocycles. The number of fused-ring (bicyclic) bond motifs is 1. The number of nitrogens with one attached hydrogen (secondary N) is 1. The van der Waals surface area contributed by atoms with E-state index in [9.17, 15) is 9.90 Å². The number of aromatic carboxylic acids is 1. The zero-order valence-corrected chi connectivity index (χ0v) is 17.9. The molecule has 2 aromatic carbocycles. The number of carboxylic acids is 1. The molecule has 0 spiro atoms. The normalized spacial score (nSPS) is 16.1. The predicted octanol–water partition coefficient (Wildman–Crippen LogP) is 3.58. The van der Waals surface area contributed by atoms with Crippen LogP contribution < -0.4 is 10.1 Å². The van der Waals surface area contributed by atoms with Gasteiger partial charge in [0.15, 0.2) is 0 Å². The minimum absolute atomic E-state index is 0.0854. The van der Waals surface area contributed by atoms with Gasteiger partial charge in [-0.25, -0.2) is 4.79 Å². The quantitative estimate of drug-likeness (QED) is 0.479. The summed E-state index contributed by atoms with van der Waals surface area (Å²) in [6.07, 6.45) is 6.55. The third-order valence-electron chi connectivity index (χ3n) is 5.84. The van der Waals surface area contributed by atoms with E-state index in [1.165, 1.54) is 11.1 Å². The van der Waals surface area contributed by atoms with Gasteiger partial charge in [0.1, 0.15) is 11.9 Å². The lowest BCUT2D eigenvalue weighted by molar-refractivity contribution is 0.0697. The second-order valence-electron chi connectivity index (χ2n) is 8.18. The molecule has 4 rings (SSSR count). The Labute approximate surface area is 187 Å². The van der Waals surface area contributed by atoms with E-state index in [1.54, 1.807) is 24.5 Å². The molecule has 1 aliphatic rings. The number of hydrogen-bond acceptors (Lipinski definition) is 5. The molecule has 0 saturated heterocycles. The van der Waals surface area contributed by atoms with Crippen LogP contribution in [0.2, 0.25) is 0 Å². The van der Waals surface area contributed by atoms with Crippen molar-refractivity contribution in [2.24, 2.45) is 0 Å².